The molecule has 6 nitrogen and oxygen atoms in total. The lowest BCUT2D eigenvalue weighted by atomic mass is 10.2. The van der Waals surface area contributed by atoms with Gasteiger partial charge in [0.15, 0.2) is 0 Å². The molecule has 0 radical (unpaired) electrons. The Hall–Kier alpha value is -0.980. The number of carbonyl (C=O) groups is 2. The minimum absolute atomic E-state index is 0.536. The zero-order valence-corrected chi connectivity index (χ0v) is 12.9. The highest BCUT2D eigenvalue weighted by Gasteiger charge is 1.93. The number of aldehydes is 1. The molecule has 0 spiro atoms. The van der Waals surface area contributed by atoms with E-state index in [1.165, 1.54) is 0 Å². The van der Waals surface area contributed by atoms with Crippen LogP contribution in [0.1, 0.15) is 38.5 Å². The summed E-state index contributed by atoms with van der Waals surface area (Å²) in [5.41, 5.74) is 0. The number of hydrogen-bond donors (Lipinski definition) is 1. The molecule has 0 saturated heterocycles. The Morgan fingerprint density at radius 2 is 1.29 bits per heavy atom. The first-order valence-corrected chi connectivity index (χ1v) is 7.75. The highest BCUT2D eigenvalue weighted by molar-refractivity contribution is 5.48. The van der Waals surface area contributed by atoms with Crippen molar-refractivity contribution in [3.05, 3.63) is 0 Å². The van der Waals surface area contributed by atoms with E-state index in [2.05, 4.69) is 5.32 Å². The molecule has 0 saturated carbocycles. The van der Waals surface area contributed by atoms with Crippen LogP contribution in [0.4, 0.5) is 0 Å². The maximum atomic E-state index is 10.1. The van der Waals surface area contributed by atoms with E-state index < -0.39 is 0 Å². The minimum Gasteiger partial charge on any atom is -0.380 e. The fourth-order valence-electron chi connectivity index (χ4n) is 1.66. The van der Waals surface area contributed by atoms with Gasteiger partial charge in [0.25, 0.3) is 0 Å². The zero-order valence-electron chi connectivity index (χ0n) is 12.9. The second-order valence-electron chi connectivity index (χ2n) is 4.63. The number of ether oxygens (including phenoxy) is 3. The van der Waals surface area contributed by atoms with Crippen molar-refractivity contribution in [2.24, 2.45) is 0 Å². The molecule has 0 aromatic rings. The van der Waals surface area contributed by atoms with Crippen LogP contribution in [-0.4, -0.2) is 58.9 Å². The van der Waals surface area contributed by atoms with Crippen molar-refractivity contribution in [2.75, 3.05) is 46.2 Å². The normalized spacial score (nSPS) is 10.5. The van der Waals surface area contributed by atoms with Crippen LogP contribution in [-0.2, 0) is 23.8 Å². The molecular formula is C15H29NO5. The van der Waals surface area contributed by atoms with Crippen LogP contribution < -0.4 is 5.32 Å². The van der Waals surface area contributed by atoms with Gasteiger partial charge < -0.3 is 24.3 Å². The third kappa shape index (κ3) is 19.0. The third-order valence-corrected chi connectivity index (χ3v) is 2.78. The molecule has 21 heavy (non-hydrogen) atoms. The number of amides is 1. The zero-order chi connectivity index (χ0) is 15.4. The van der Waals surface area contributed by atoms with E-state index in [0.717, 1.165) is 45.0 Å². The van der Waals surface area contributed by atoms with Gasteiger partial charge in [-0.2, -0.15) is 0 Å². The van der Waals surface area contributed by atoms with Gasteiger partial charge in [-0.15, -0.1) is 0 Å². The van der Waals surface area contributed by atoms with Gasteiger partial charge in [-0.3, -0.25) is 4.79 Å². The van der Waals surface area contributed by atoms with Gasteiger partial charge in [0.2, 0.25) is 6.41 Å². The van der Waals surface area contributed by atoms with E-state index in [-0.39, 0.29) is 0 Å². The molecule has 0 fully saturated rings. The highest BCUT2D eigenvalue weighted by Crippen LogP contribution is 2.01. The summed E-state index contributed by atoms with van der Waals surface area (Å²) >= 11 is 0. The van der Waals surface area contributed by atoms with Gasteiger partial charge in [0.1, 0.15) is 6.29 Å². The first-order chi connectivity index (χ1) is 10.4. The molecule has 0 atom stereocenters. The first-order valence-electron chi connectivity index (χ1n) is 7.75. The Balaban J connectivity index is 2.93. The summed E-state index contributed by atoms with van der Waals surface area (Å²) in [5.74, 6) is 0. The van der Waals surface area contributed by atoms with Crippen molar-refractivity contribution in [1.82, 2.24) is 5.32 Å². The molecule has 0 unspecified atom stereocenters. The minimum atomic E-state index is 0.536. The Bertz CT molecular complexity index is 204. The summed E-state index contributed by atoms with van der Waals surface area (Å²) < 4.78 is 16.1. The SMILES string of the molecule is O=CCCCCCCOCCOCCCOCCNC=O. The predicted octanol–water partition coefficient (Wildman–Crippen LogP) is 1.32. The molecule has 0 aromatic heterocycles. The summed E-state index contributed by atoms with van der Waals surface area (Å²) in [6, 6.07) is 0. The van der Waals surface area contributed by atoms with E-state index in [1.807, 2.05) is 0 Å². The van der Waals surface area contributed by atoms with Crippen LogP contribution in [0, 0.1) is 0 Å². The molecular weight excluding hydrogens is 274 g/mol. The van der Waals surface area contributed by atoms with E-state index >= 15 is 0 Å². The van der Waals surface area contributed by atoms with Gasteiger partial charge >= 0.3 is 0 Å². The van der Waals surface area contributed by atoms with E-state index in [1.54, 1.807) is 0 Å². The monoisotopic (exact) mass is 303 g/mol. The summed E-state index contributed by atoms with van der Waals surface area (Å²) in [5, 5.41) is 2.53. The fourth-order valence-corrected chi connectivity index (χ4v) is 1.66. The Morgan fingerprint density at radius 3 is 1.95 bits per heavy atom. The lowest BCUT2D eigenvalue weighted by Gasteiger charge is -2.06. The van der Waals surface area contributed by atoms with Gasteiger partial charge in [-0.25, -0.2) is 0 Å². The van der Waals surface area contributed by atoms with Crippen molar-refractivity contribution in [2.45, 2.75) is 38.5 Å². The van der Waals surface area contributed by atoms with Crippen LogP contribution in [0.3, 0.4) is 0 Å². The van der Waals surface area contributed by atoms with Gasteiger partial charge in [-0.1, -0.05) is 12.8 Å². The quantitative estimate of drug-likeness (QED) is 0.305. The lowest BCUT2D eigenvalue weighted by molar-refractivity contribution is -0.110. The van der Waals surface area contributed by atoms with Crippen molar-refractivity contribution in [3.8, 4) is 0 Å². The van der Waals surface area contributed by atoms with E-state index in [0.29, 0.717) is 52.4 Å². The van der Waals surface area contributed by atoms with Gasteiger partial charge in [0.05, 0.1) is 19.8 Å². The van der Waals surface area contributed by atoms with Crippen LogP contribution in [0.5, 0.6) is 0 Å². The Kier molecular flexibility index (Phi) is 18.1. The standard InChI is InChI=1S/C15H29NO5/c17-8-4-2-1-3-5-9-20-13-14-21-11-6-10-19-12-7-16-15-18/h8,15H,1-7,9-14H2,(H,16,18). The maximum absolute atomic E-state index is 10.1. The molecule has 0 aromatic carbocycles. The van der Waals surface area contributed by atoms with Crippen LogP contribution in [0.2, 0.25) is 0 Å². The van der Waals surface area contributed by atoms with Gasteiger partial charge in [-0.05, 0) is 19.3 Å². The molecule has 0 aliphatic rings. The van der Waals surface area contributed by atoms with Crippen LogP contribution in [0.15, 0.2) is 0 Å². The highest BCUT2D eigenvalue weighted by atomic mass is 16.5. The van der Waals surface area contributed by atoms with Crippen molar-refractivity contribution < 1.29 is 23.8 Å². The number of nitrogens with one attached hydrogen (secondary N) is 1. The molecule has 0 aliphatic carbocycles. The number of unbranched alkanes of at least 4 members (excludes halogenated alkanes) is 4. The third-order valence-electron chi connectivity index (χ3n) is 2.78. The first kappa shape index (κ1) is 20.0. The second kappa shape index (κ2) is 19.0. The van der Waals surface area contributed by atoms with Crippen molar-refractivity contribution in [3.63, 3.8) is 0 Å². The molecule has 1 N–H and O–H groups in total. The second-order valence-corrected chi connectivity index (χ2v) is 4.63. The number of hydrogen-bond acceptors (Lipinski definition) is 5. The summed E-state index contributed by atoms with van der Waals surface area (Å²) in [7, 11) is 0. The molecule has 0 rings (SSSR count). The van der Waals surface area contributed by atoms with E-state index in [9.17, 15) is 9.59 Å². The van der Waals surface area contributed by atoms with Crippen LogP contribution in [0.25, 0.3) is 0 Å². The van der Waals surface area contributed by atoms with Gasteiger partial charge in [0, 0.05) is 32.8 Å². The summed E-state index contributed by atoms with van der Waals surface area (Å²) in [6.07, 6.45) is 7.40. The largest absolute Gasteiger partial charge is 0.380 e. The van der Waals surface area contributed by atoms with E-state index in [4.69, 9.17) is 14.2 Å². The Labute approximate surface area is 127 Å². The maximum Gasteiger partial charge on any atom is 0.207 e. The fraction of sp³-hybridized carbons (Fsp3) is 0.867. The molecule has 0 bridgehead atoms. The molecule has 0 heterocycles. The average molecular weight is 303 g/mol. The Morgan fingerprint density at radius 1 is 0.667 bits per heavy atom. The summed E-state index contributed by atoms with van der Waals surface area (Å²) in [6.45, 7) is 4.38. The van der Waals surface area contributed by atoms with Crippen LogP contribution >= 0.6 is 0 Å². The average Bonchev–Trinajstić information content (AvgIpc) is 2.50. The van der Waals surface area contributed by atoms with Crippen molar-refractivity contribution >= 4 is 12.7 Å². The lowest BCUT2D eigenvalue weighted by Crippen LogP contribution is -2.18. The molecule has 6 heteroatoms. The summed E-state index contributed by atoms with van der Waals surface area (Å²) in [4.78, 5) is 20.1. The predicted molar refractivity (Wildman–Crippen MR) is 80.3 cm³/mol. The smallest absolute Gasteiger partial charge is 0.207 e. The molecule has 124 valence electrons. The number of rotatable bonds is 18. The topological polar surface area (TPSA) is 73.9 Å². The number of carbonyl (C=O) groups excluding carboxylic acids is 2. The molecule has 1 amide bonds. The molecule has 0 aliphatic heterocycles. The van der Waals surface area contributed by atoms with Crippen molar-refractivity contribution in [1.29, 1.82) is 0 Å².